The zero-order chi connectivity index (χ0) is 16.7. The molecule has 1 aliphatic heterocycles. The van der Waals surface area contributed by atoms with Gasteiger partial charge in [0.15, 0.2) is 0 Å². The highest BCUT2D eigenvalue weighted by atomic mass is 32.2. The van der Waals surface area contributed by atoms with E-state index in [9.17, 15) is 8.42 Å². The number of benzene rings is 2. The highest BCUT2D eigenvalue weighted by Gasteiger charge is 2.31. The number of para-hydroxylation sites is 2. The van der Waals surface area contributed by atoms with Crippen LogP contribution in [0, 0.1) is 0 Å². The topological polar surface area (TPSA) is 53.8 Å². The molecular weight excluding hydrogens is 324 g/mol. The molecule has 6 heteroatoms. The lowest BCUT2D eigenvalue weighted by Gasteiger charge is -2.19. The van der Waals surface area contributed by atoms with Gasteiger partial charge in [0.1, 0.15) is 5.58 Å². The largest absolute Gasteiger partial charge is 0.443 e. The maximum absolute atomic E-state index is 13.0. The monoisotopic (exact) mass is 342 g/mol. The van der Waals surface area contributed by atoms with Gasteiger partial charge in [-0.1, -0.05) is 36.4 Å². The molecule has 0 saturated carbocycles. The first kappa shape index (κ1) is 15.2. The molecule has 124 valence electrons. The molecule has 2 heterocycles. The summed E-state index contributed by atoms with van der Waals surface area (Å²) in [7, 11) is -1.69. The van der Waals surface area contributed by atoms with E-state index < -0.39 is 10.0 Å². The SMILES string of the molecule is CN1CCN(S(=O)(=O)c2cc3ccccc3o2)Cc2ccccc21. The van der Waals surface area contributed by atoms with Crippen molar-refractivity contribution in [3.63, 3.8) is 0 Å². The summed E-state index contributed by atoms with van der Waals surface area (Å²) < 4.78 is 33.2. The van der Waals surface area contributed by atoms with Crippen LogP contribution in [-0.4, -0.2) is 32.9 Å². The Morgan fingerprint density at radius 2 is 1.75 bits per heavy atom. The predicted octanol–water partition coefficient (Wildman–Crippen LogP) is 3.07. The van der Waals surface area contributed by atoms with E-state index in [1.165, 1.54) is 4.31 Å². The average Bonchev–Trinajstić information content (AvgIpc) is 2.96. The molecule has 2 aromatic carbocycles. The fraction of sp³-hybridized carbons (Fsp3) is 0.222. The van der Waals surface area contributed by atoms with Gasteiger partial charge in [0, 0.05) is 43.8 Å². The molecule has 0 unspecified atom stereocenters. The maximum atomic E-state index is 13.0. The number of sulfonamides is 1. The van der Waals surface area contributed by atoms with Crippen molar-refractivity contribution in [3.8, 4) is 0 Å². The molecule has 24 heavy (non-hydrogen) atoms. The van der Waals surface area contributed by atoms with Crippen LogP contribution in [0.1, 0.15) is 5.56 Å². The van der Waals surface area contributed by atoms with Gasteiger partial charge in [0.2, 0.25) is 5.09 Å². The van der Waals surface area contributed by atoms with Gasteiger partial charge in [-0.05, 0) is 17.7 Å². The van der Waals surface area contributed by atoms with E-state index in [-0.39, 0.29) is 5.09 Å². The molecule has 0 N–H and O–H groups in total. The van der Waals surface area contributed by atoms with Gasteiger partial charge in [-0.2, -0.15) is 4.31 Å². The Balaban J connectivity index is 1.74. The van der Waals surface area contributed by atoms with Crippen LogP contribution in [0.4, 0.5) is 5.69 Å². The minimum atomic E-state index is -3.67. The smallest absolute Gasteiger partial charge is 0.276 e. The van der Waals surface area contributed by atoms with E-state index in [4.69, 9.17) is 4.42 Å². The van der Waals surface area contributed by atoms with Crippen LogP contribution in [0.3, 0.4) is 0 Å². The van der Waals surface area contributed by atoms with E-state index >= 15 is 0 Å². The van der Waals surface area contributed by atoms with Crippen LogP contribution in [0.5, 0.6) is 0 Å². The number of hydrogen-bond acceptors (Lipinski definition) is 4. The first-order chi connectivity index (χ1) is 11.6. The molecule has 5 nitrogen and oxygen atoms in total. The average molecular weight is 342 g/mol. The molecule has 0 amide bonds. The fourth-order valence-corrected chi connectivity index (χ4v) is 4.44. The Hall–Kier alpha value is -2.31. The van der Waals surface area contributed by atoms with E-state index in [0.717, 1.165) is 16.6 Å². The highest BCUT2D eigenvalue weighted by Crippen LogP contribution is 2.29. The third kappa shape index (κ3) is 2.48. The van der Waals surface area contributed by atoms with Crippen molar-refractivity contribution < 1.29 is 12.8 Å². The number of rotatable bonds is 2. The van der Waals surface area contributed by atoms with Gasteiger partial charge in [-0.15, -0.1) is 0 Å². The standard InChI is InChI=1S/C18H18N2O3S/c1-19-10-11-20(13-15-7-2-4-8-16(15)19)24(21,22)18-12-14-6-3-5-9-17(14)23-18/h2-9,12H,10-11,13H2,1H3. The van der Waals surface area contributed by atoms with Crippen molar-refractivity contribution in [1.29, 1.82) is 0 Å². The fourth-order valence-electron chi connectivity index (χ4n) is 3.09. The first-order valence-corrected chi connectivity index (χ1v) is 9.27. The molecule has 0 spiro atoms. The molecule has 3 aromatic rings. The zero-order valence-electron chi connectivity index (χ0n) is 13.3. The molecule has 0 saturated heterocycles. The molecule has 0 aliphatic carbocycles. The Bertz CT molecular complexity index is 961. The van der Waals surface area contributed by atoms with E-state index in [1.807, 2.05) is 49.5 Å². The van der Waals surface area contributed by atoms with Crippen molar-refractivity contribution in [2.45, 2.75) is 11.6 Å². The van der Waals surface area contributed by atoms with E-state index in [1.54, 1.807) is 12.1 Å². The van der Waals surface area contributed by atoms with Crippen LogP contribution in [0.2, 0.25) is 0 Å². The molecule has 0 radical (unpaired) electrons. The number of fused-ring (bicyclic) bond motifs is 2. The second-order valence-corrected chi connectivity index (χ2v) is 7.86. The lowest BCUT2D eigenvalue weighted by molar-refractivity contribution is 0.392. The second kappa shape index (κ2) is 5.65. The highest BCUT2D eigenvalue weighted by molar-refractivity contribution is 7.89. The lowest BCUT2D eigenvalue weighted by atomic mass is 10.1. The molecule has 1 aromatic heterocycles. The predicted molar refractivity (Wildman–Crippen MR) is 93.5 cm³/mol. The lowest BCUT2D eigenvalue weighted by Crippen LogP contribution is -2.34. The molecular formula is C18H18N2O3S. The van der Waals surface area contributed by atoms with Gasteiger partial charge in [-0.25, -0.2) is 8.42 Å². The minimum absolute atomic E-state index is 0.00531. The van der Waals surface area contributed by atoms with Crippen molar-refractivity contribution in [3.05, 3.63) is 60.2 Å². The van der Waals surface area contributed by atoms with Crippen molar-refractivity contribution in [2.75, 3.05) is 25.0 Å². The minimum Gasteiger partial charge on any atom is -0.443 e. The summed E-state index contributed by atoms with van der Waals surface area (Å²) in [5.41, 5.74) is 2.65. The Morgan fingerprint density at radius 1 is 1.00 bits per heavy atom. The Kier molecular flexibility index (Phi) is 3.58. The zero-order valence-corrected chi connectivity index (χ0v) is 14.2. The van der Waals surface area contributed by atoms with Crippen LogP contribution in [0.25, 0.3) is 11.0 Å². The van der Waals surface area contributed by atoms with E-state index in [0.29, 0.717) is 25.2 Å². The number of nitrogens with zero attached hydrogens (tertiary/aromatic N) is 2. The summed E-state index contributed by atoms with van der Waals surface area (Å²) in [5.74, 6) is 0. The quantitative estimate of drug-likeness (QED) is 0.718. The van der Waals surface area contributed by atoms with Crippen LogP contribution in [0.15, 0.2) is 64.1 Å². The maximum Gasteiger partial charge on any atom is 0.276 e. The normalized spacial score (nSPS) is 16.1. The molecule has 0 fully saturated rings. The number of likely N-dealkylation sites (N-methyl/N-ethyl adjacent to an activating group) is 1. The molecule has 0 bridgehead atoms. The van der Waals surface area contributed by atoms with Crippen molar-refractivity contribution >= 4 is 26.7 Å². The van der Waals surface area contributed by atoms with Crippen LogP contribution < -0.4 is 4.90 Å². The van der Waals surface area contributed by atoms with Crippen molar-refractivity contribution in [2.24, 2.45) is 0 Å². The third-order valence-electron chi connectivity index (χ3n) is 4.43. The number of hydrogen-bond donors (Lipinski definition) is 0. The molecule has 1 aliphatic rings. The second-order valence-electron chi connectivity index (χ2n) is 5.99. The summed E-state index contributed by atoms with van der Waals surface area (Å²) in [6.07, 6.45) is 0. The van der Waals surface area contributed by atoms with Gasteiger partial charge in [0.05, 0.1) is 0 Å². The van der Waals surface area contributed by atoms with Crippen LogP contribution >= 0.6 is 0 Å². The number of anilines is 1. The van der Waals surface area contributed by atoms with Gasteiger partial charge >= 0.3 is 0 Å². The third-order valence-corrected chi connectivity index (χ3v) is 6.13. The van der Waals surface area contributed by atoms with Gasteiger partial charge in [0.25, 0.3) is 10.0 Å². The summed E-state index contributed by atoms with van der Waals surface area (Å²) >= 11 is 0. The molecule has 0 atom stereocenters. The summed E-state index contributed by atoms with van der Waals surface area (Å²) in [6, 6.07) is 16.8. The summed E-state index contributed by atoms with van der Waals surface area (Å²) in [5, 5.41) is 0.800. The summed E-state index contributed by atoms with van der Waals surface area (Å²) in [4.78, 5) is 2.09. The van der Waals surface area contributed by atoms with Gasteiger partial charge in [-0.3, -0.25) is 0 Å². The Labute approximate surface area is 141 Å². The van der Waals surface area contributed by atoms with E-state index in [2.05, 4.69) is 4.90 Å². The van der Waals surface area contributed by atoms with Crippen molar-refractivity contribution in [1.82, 2.24) is 4.31 Å². The molecule has 4 rings (SSSR count). The Morgan fingerprint density at radius 3 is 2.58 bits per heavy atom. The van der Waals surface area contributed by atoms with Gasteiger partial charge < -0.3 is 9.32 Å². The van der Waals surface area contributed by atoms with Crippen LogP contribution in [-0.2, 0) is 16.6 Å². The number of furan rings is 1. The first-order valence-electron chi connectivity index (χ1n) is 7.83. The summed E-state index contributed by atoms with van der Waals surface area (Å²) in [6.45, 7) is 1.40.